The van der Waals surface area contributed by atoms with E-state index in [1.165, 1.54) is 22.6 Å². The van der Waals surface area contributed by atoms with Crippen molar-refractivity contribution in [3.05, 3.63) is 30.5 Å². The van der Waals surface area contributed by atoms with Crippen LogP contribution in [0.5, 0.6) is 0 Å². The number of oxazole rings is 1. The van der Waals surface area contributed by atoms with Crippen LogP contribution in [0.1, 0.15) is 0 Å². The first-order chi connectivity index (χ1) is 9.70. The molecule has 2 aromatic heterocycles. The highest BCUT2D eigenvalue weighted by Gasteiger charge is 2.07. The van der Waals surface area contributed by atoms with Gasteiger partial charge in [-0.2, -0.15) is 0 Å². The Kier molecular flexibility index (Phi) is 3.38. The van der Waals surface area contributed by atoms with Crippen molar-refractivity contribution < 1.29 is 18.7 Å². The fourth-order valence-electron chi connectivity index (χ4n) is 1.55. The van der Waals surface area contributed by atoms with Gasteiger partial charge in [-0.3, -0.25) is 4.52 Å². The summed E-state index contributed by atoms with van der Waals surface area (Å²) < 4.78 is 11.7. The van der Waals surface area contributed by atoms with Crippen molar-refractivity contribution in [2.75, 3.05) is 5.75 Å². The van der Waals surface area contributed by atoms with Crippen molar-refractivity contribution in [1.82, 2.24) is 10.3 Å². The Balaban J connectivity index is 1.68. The van der Waals surface area contributed by atoms with Crippen molar-refractivity contribution in [3.8, 4) is 0 Å². The minimum Gasteiger partial charge on any atom is -0.861 e. The Bertz CT molecular complexity index is 732. The smallest absolute Gasteiger partial charge is 0.320 e. The number of aromatic nitrogens is 3. The molecular weight excluding hydrogens is 280 g/mol. The van der Waals surface area contributed by atoms with Gasteiger partial charge in [0, 0.05) is 5.75 Å². The van der Waals surface area contributed by atoms with Crippen molar-refractivity contribution in [2.24, 2.45) is 12.0 Å². The third-order valence-electron chi connectivity index (χ3n) is 2.39. The van der Waals surface area contributed by atoms with Crippen LogP contribution < -0.4 is 9.79 Å². The third kappa shape index (κ3) is 2.80. The summed E-state index contributed by atoms with van der Waals surface area (Å²) in [4.78, 5) is 8.03. The molecule has 0 fully saturated rings. The van der Waals surface area contributed by atoms with Crippen molar-refractivity contribution in [1.29, 1.82) is 0 Å². The Morgan fingerprint density at radius 3 is 3.05 bits per heavy atom. The van der Waals surface area contributed by atoms with E-state index in [2.05, 4.69) is 15.2 Å². The Labute approximate surface area is 117 Å². The summed E-state index contributed by atoms with van der Waals surface area (Å²) >= 11 is 1.19. The second kappa shape index (κ2) is 5.33. The zero-order valence-corrected chi connectivity index (χ0v) is 11.3. The van der Waals surface area contributed by atoms with E-state index in [1.54, 1.807) is 7.05 Å². The quantitative estimate of drug-likeness (QED) is 0.306. The SMILES string of the molecule is C[n+]1cc(/N=C(/[O-])CSc2nc3ccccc3o2)on1. The van der Waals surface area contributed by atoms with Gasteiger partial charge in [-0.25, -0.2) is 9.98 Å². The molecule has 8 heteroatoms. The van der Waals surface area contributed by atoms with E-state index in [4.69, 9.17) is 8.94 Å². The van der Waals surface area contributed by atoms with Gasteiger partial charge in [0.2, 0.25) is 0 Å². The third-order valence-corrected chi connectivity index (χ3v) is 3.20. The summed E-state index contributed by atoms with van der Waals surface area (Å²) in [6, 6.07) is 7.42. The Hall–Kier alpha value is -2.35. The molecule has 0 saturated heterocycles. The van der Waals surface area contributed by atoms with Gasteiger partial charge in [0.25, 0.3) is 11.4 Å². The van der Waals surface area contributed by atoms with E-state index in [9.17, 15) is 5.11 Å². The topological polar surface area (TPSA) is 91.4 Å². The Morgan fingerprint density at radius 1 is 1.45 bits per heavy atom. The number of hydrogen-bond acceptors (Lipinski definition) is 7. The second-order valence-electron chi connectivity index (χ2n) is 3.96. The van der Waals surface area contributed by atoms with E-state index in [-0.39, 0.29) is 17.5 Å². The minimum atomic E-state index is -0.339. The van der Waals surface area contributed by atoms with Crippen LogP contribution in [0.3, 0.4) is 0 Å². The molecule has 0 unspecified atom stereocenters. The minimum absolute atomic E-state index is 0.122. The standard InChI is InChI=1S/C12H10N4O3S/c1-16-6-11(19-15-16)14-10(17)7-20-12-13-8-4-2-3-5-9(8)18-12/h2-6H,7H2,1H3. The molecule has 102 valence electrons. The Morgan fingerprint density at radius 2 is 2.30 bits per heavy atom. The molecule has 0 N–H and O–H groups in total. The molecule has 0 radical (unpaired) electrons. The summed E-state index contributed by atoms with van der Waals surface area (Å²) in [5.41, 5.74) is 1.46. The fraction of sp³-hybridized carbons (Fsp3) is 0.167. The van der Waals surface area contributed by atoms with Gasteiger partial charge >= 0.3 is 5.88 Å². The summed E-state index contributed by atoms with van der Waals surface area (Å²) in [6.45, 7) is 0. The molecule has 0 atom stereocenters. The largest absolute Gasteiger partial charge is 0.861 e. The van der Waals surface area contributed by atoms with Crippen LogP contribution in [0.25, 0.3) is 11.1 Å². The molecular formula is C12H10N4O3S. The molecule has 20 heavy (non-hydrogen) atoms. The van der Waals surface area contributed by atoms with Crippen LogP contribution in [0, 0.1) is 0 Å². The highest BCUT2D eigenvalue weighted by atomic mass is 32.2. The lowest BCUT2D eigenvalue weighted by atomic mass is 10.3. The highest BCUT2D eigenvalue weighted by Crippen LogP contribution is 2.23. The molecule has 3 rings (SSSR count). The van der Waals surface area contributed by atoms with Gasteiger partial charge in [-0.15, -0.1) is 0 Å². The molecule has 0 aliphatic heterocycles. The molecule has 0 amide bonds. The predicted octanol–water partition coefficient (Wildman–Crippen LogP) is 0.823. The van der Waals surface area contributed by atoms with Gasteiger partial charge in [0.1, 0.15) is 5.52 Å². The molecule has 0 aliphatic carbocycles. The van der Waals surface area contributed by atoms with E-state index < -0.39 is 0 Å². The van der Waals surface area contributed by atoms with E-state index in [1.807, 2.05) is 24.3 Å². The van der Waals surface area contributed by atoms with Crippen LogP contribution in [-0.4, -0.2) is 21.9 Å². The monoisotopic (exact) mass is 290 g/mol. The maximum absolute atomic E-state index is 11.7. The molecule has 7 nitrogen and oxygen atoms in total. The number of nitrogens with zero attached hydrogens (tertiary/aromatic N) is 4. The van der Waals surface area contributed by atoms with Crippen LogP contribution in [-0.2, 0) is 7.05 Å². The number of benzene rings is 1. The van der Waals surface area contributed by atoms with Crippen molar-refractivity contribution in [3.63, 3.8) is 0 Å². The van der Waals surface area contributed by atoms with Crippen LogP contribution >= 0.6 is 11.8 Å². The lowest BCUT2D eigenvalue weighted by Crippen LogP contribution is -2.27. The van der Waals surface area contributed by atoms with E-state index in [0.29, 0.717) is 10.8 Å². The fourth-order valence-corrected chi connectivity index (χ4v) is 2.18. The van der Waals surface area contributed by atoms with Crippen LogP contribution in [0.4, 0.5) is 5.88 Å². The number of rotatable bonds is 4. The molecule has 3 aromatic rings. The average molecular weight is 290 g/mol. The number of hydrogen-bond donors (Lipinski definition) is 0. The zero-order chi connectivity index (χ0) is 13.9. The first-order valence-corrected chi connectivity index (χ1v) is 6.75. The van der Waals surface area contributed by atoms with Gasteiger partial charge in [-0.05, 0) is 18.0 Å². The summed E-state index contributed by atoms with van der Waals surface area (Å²) in [5, 5.41) is 15.7. The van der Waals surface area contributed by atoms with Crippen LogP contribution in [0.15, 0.2) is 49.6 Å². The summed E-state index contributed by atoms with van der Waals surface area (Å²) in [6.07, 6.45) is 1.52. The highest BCUT2D eigenvalue weighted by molar-refractivity contribution is 7.99. The number of thioether (sulfide) groups is 1. The molecule has 2 heterocycles. The summed E-state index contributed by atoms with van der Waals surface area (Å²) in [5.74, 6) is -0.0401. The molecule has 0 saturated carbocycles. The summed E-state index contributed by atoms with van der Waals surface area (Å²) in [7, 11) is 1.68. The lowest BCUT2D eigenvalue weighted by Gasteiger charge is -2.05. The molecule has 0 bridgehead atoms. The van der Waals surface area contributed by atoms with E-state index >= 15 is 0 Å². The second-order valence-corrected chi connectivity index (χ2v) is 4.88. The average Bonchev–Trinajstić information content (AvgIpc) is 3.02. The van der Waals surface area contributed by atoms with Gasteiger partial charge < -0.3 is 9.52 Å². The van der Waals surface area contributed by atoms with Gasteiger partial charge in [-0.1, -0.05) is 28.6 Å². The normalized spacial score (nSPS) is 12.2. The van der Waals surface area contributed by atoms with E-state index in [0.717, 1.165) is 5.52 Å². The molecule has 1 aromatic carbocycles. The van der Waals surface area contributed by atoms with Gasteiger partial charge in [0.15, 0.2) is 17.9 Å². The maximum atomic E-state index is 11.7. The molecule has 0 spiro atoms. The van der Waals surface area contributed by atoms with Crippen LogP contribution in [0.2, 0.25) is 0 Å². The van der Waals surface area contributed by atoms with Gasteiger partial charge in [0.05, 0.1) is 0 Å². The number of fused-ring (bicyclic) bond motifs is 1. The van der Waals surface area contributed by atoms with Crippen molar-refractivity contribution >= 4 is 34.6 Å². The number of aryl methyl sites for hydroxylation is 1. The maximum Gasteiger partial charge on any atom is 0.320 e. The predicted molar refractivity (Wildman–Crippen MR) is 69.5 cm³/mol. The number of para-hydroxylation sites is 2. The first-order valence-electron chi connectivity index (χ1n) is 5.76. The first kappa shape index (κ1) is 12.7. The zero-order valence-electron chi connectivity index (χ0n) is 10.5. The lowest BCUT2D eigenvalue weighted by molar-refractivity contribution is -0.739. The molecule has 0 aliphatic rings. The number of aliphatic imine (C=N–C) groups is 1. The van der Waals surface area contributed by atoms with Crippen molar-refractivity contribution in [2.45, 2.75) is 5.22 Å².